The normalized spacial score (nSPS) is 13.2. The van der Waals surface area contributed by atoms with Gasteiger partial charge in [-0.25, -0.2) is 9.37 Å². The van der Waals surface area contributed by atoms with Crippen molar-refractivity contribution in [2.75, 3.05) is 0 Å². The summed E-state index contributed by atoms with van der Waals surface area (Å²) >= 11 is 2.82. The molecule has 1 aliphatic heterocycles. The number of thiazole rings is 1. The average molecular weight is 460 g/mol. The molecule has 0 spiro atoms. The predicted octanol–water partition coefficient (Wildman–Crippen LogP) is 5.72. The van der Waals surface area contributed by atoms with E-state index in [1.807, 2.05) is 45.7 Å². The Bertz CT molecular complexity index is 1580. The van der Waals surface area contributed by atoms with E-state index >= 15 is 0 Å². The van der Waals surface area contributed by atoms with E-state index in [0.717, 1.165) is 21.5 Å². The quantitative estimate of drug-likeness (QED) is 0.375. The summed E-state index contributed by atoms with van der Waals surface area (Å²) in [5.74, 6) is 0.230. The van der Waals surface area contributed by atoms with Crippen LogP contribution >= 0.6 is 22.7 Å². The minimum Gasteiger partial charge on any atom is -0.510 e. The van der Waals surface area contributed by atoms with Crippen molar-refractivity contribution < 1.29 is 9.50 Å². The molecule has 0 bridgehead atoms. The summed E-state index contributed by atoms with van der Waals surface area (Å²) in [5.41, 5.74) is 3.40. The molecule has 3 aromatic heterocycles. The zero-order valence-corrected chi connectivity index (χ0v) is 18.1. The Kier molecular flexibility index (Phi) is 4.31. The van der Waals surface area contributed by atoms with Crippen LogP contribution in [0.4, 0.5) is 4.39 Å². The average Bonchev–Trinajstić information content (AvgIpc) is 3.52. The summed E-state index contributed by atoms with van der Waals surface area (Å²) in [6.45, 7) is 0.231. The van der Waals surface area contributed by atoms with Gasteiger partial charge in [0.25, 0.3) is 5.56 Å². The Morgan fingerprint density at radius 1 is 0.938 bits per heavy atom. The van der Waals surface area contributed by atoms with Gasteiger partial charge in [-0.15, -0.1) is 22.7 Å². The summed E-state index contributed by atoms with van der Waals surface area (Å²) in [7, 11) is 0. The molecule has 0 aliphatic carbocycles. The van der Waals surface area contributed by atoms with Crippen molar-refractivity contribution in [3.63, 3.8) is 0 Å². The Hall–Kier alpha value is -3.62. The molecule has 1 aliphatic rings. The van der Waals surface area contributed by atoms with E-state index in [9.17, 15) is 14.3 Å². The van der Waals surface area contributed by atoms with Gasteiger partial charge in [0.2, 0.25) is 0 Å². The maximum atomic E-state index is 13.2. The highest BCUT2D eigenvalue weighted by atomic mass is 32.1. The second-order valence-electron chi connectivity index (χ2n) is 7.39. The zero-order chi connectivity index (χ0) is 21.8. The molecule has 0 atom stereocenters. The summed E-state index contributed by atoms with van der Waals surface area (Å²) in [6, 6.07) is 15.8. The van der Waals surface area contributed by atoms with Gasteiger partial charge in [-0.3, -0.25) is 4.79 Å². The molecule has 0 radical (unpaired) electrons. The van der Waals surface area contributed by atoms with E-state index in [0.29, 0.717) is 27.5 Å². The van der Waals surface area contributed by atoms with Crippen molar-refractivity contribution in [2.24, 2.45) is 0 Å². The van der Waals surface area contributed by atoms with Crippen molar-refractivity contribution in [1.82, 2.24) is 14.5 Å². The Balaban J connectivity index is 1.47. The molecule has 1 N–H and O–H groups in total. The van der Waals surface area contributed by atoms with Gasteiger partial charge < -0.3 is 9.67 Å². The van der Waals surface area contributed by atoms with Crippen molar-refractivity contribution >= 4 is 38.5 Å². The third-order valence-corrected chi connectivity index (χ3v) is 7.32. The second-order valence-corrected chi connectivity index (χ2v) is 9.10. The summed E-state index contributed by atoms with van der Waals surface area (Å²) in [4.78, 5) is 22.8. The molecule has 6 rings (SSSR count). The van der Waals surface area contributed by atoms with Gasteiger partial charge in [0.05, 0.1) is 23.2 Å². The van der Waals surface area contributed by atoms with Crippen LogP contribution in [0.5, 0.6) is 0 Å². The van der Waals surface area contributed by atoms with Gasteiger partial charge in [0.1, 0.15) is 21.4 Å². The number of thiophene rings is 1. The maximum Gasteiger partial charge on any atom is 0.282 e. The number of halogens is 1. The highest BCUT2D eigenvalue weighted by Gasteiger charge is 2.29. The molecule has 4 heterocycles. The molecule has 0 fully saturated rings. The zero-order valence-electron chi connectivity index (χ0n) is 16.4. The molecule has 5 aromatic rings. The molecule has 8 heteroatoms. The number of aliphatic hydroxyl groups excluding tert-OH is 1. The first-order valence-electron chi connectivity index (χ1n) is 9.82. The first kappa shape index (κ1) is 19.1. The van der Waals surface area contributed by atoms with Crippen LogP contribution in [-0.4, -0.2) is 19.6 Å². The van der Waals surface area contributed by atoms with Crippen LogP contribution in [0.2, 0.25) is 0 Å². The number of benzene rings is 2. The van der Waals surface area contributed by atoms with Crippen LogP contribution in [-0.2, 0) is 6.54 Å². The number of fused-ring (bicyclic) bond motifs is 3. The molecular formula is C24H14FN3O2S2. The van der Waals surface area contributed by atoms with E-state index in [1.165, 1.54) is 34.8 Å². The lowest BCUT2D eigenvalue weighted by Gasteiger charge is -2.06. The highest BCUT2D eigenvalue weighted by Crippen LogP contribution is 2.39. The first-order valence-corrected chi connectivity index (χ1v) is 11.6. The van der Waals surface area contributed by atoms with E-state index in [4.69, 9.17) is 0 Å². The standard InChI is InChI=1S/C24H14FN3O2S2/c25-15-8-6-14(7-9-15)17-12-31-23(26-17)20-18(29)10-28-21(20)27-22(30)19-16(11-32-24(19)28)13-4-2-1-3-5-13/h1-9,11-12,29H,10H2. The van der Waals surface area contributed by atoms with Crippen LogP contribution in [0.25, 0.3) is 38.2 Å². The molecule has 32 heavy (non-hydrogen) atoms. The van der Waals surface area contributed by atoms with E-state index in [-0.39, 0.29) is 23.7 Å². The number of nitrogens with zero attached hydrogens (tertiary/aromatic N) is 3. The summed E-state index contributed by atoms with van der Waals surface area (Å²) in [5, 5.41) is 15.7. The van der Waals surface area contributed by atoms with Crippen LogP contribution < -0.4 is 5.56 Å². The first-order chi connectivity index (χ1) is 15.6. The number of hydrogen-bond acceptors (Lipinski definition) is 6. The highest BCUT2D eigenvalue weighted by molar-refractivity contribution is 7.17. The maximum absolute atomic E-state index is 13.2. The predicted molar refractivity (Wildman–Crippen MR) is 125 cm³/mol. The second kappa shape index (κ2) is 7.22. The van der Waals surface area contributed by atoms with Crippen LogP contribution in [0.3, 0.4) is 0 Å². The number of aliphatic hydroxyl groups is 1. The van der Waals surface area contributed by atoms with Crippen LogP contribution in [0.15, 0.2) is 75.9 Å². The van der Waals surface area contributed by atoms with Gasteiger partial charge >= 0.3 is 0 Å². The van der Waals surface area contributed by atoms with Gasteiger partial charge in [0.15, 0.2) is 5.82 Å². The lowest BCUT2D eigenvalue weighted by atomic mass is 10.1. The minimum absolute atomic E-state index is 0.124. The lowest BCUT2D eigenvalue weighted by Crippen LogP contribution is -2.14. The van der Waals surface area contributed by atoms with Crippen LogP contribution in [0, 0.1) is 5.82 Å². The van der Waals surface area contributed by atoms with Crippen molar-refractivity contribution in [3.8, 4) is 22.4 Å². The minimum atomic E-state index is -0.325. The third-order valence-electron chi connectivity index (χ3n) is 5.46. The van der Waals surface area contributed by atoms with Crippen molar-refractivity contribution in [3.05, 3.63) is 98.1 Å². The monoisotopic (exact) mass is 459 g/mol. The van der Waals surface area contributed by atoms with E-state index < -0.39 is 0 Å². The van der Waals surface area contributed by atoms with Gasteiger partial charge in [-0.2, -0.15) is 4.98 Å². The fourth-order valence-corrected chi connectivity index (χ4v) is 5.91. The van der Waals surface area contributed by atoms with Crippen LogP contribution in [0.1, 0.15) is 10.8 Å². The molecule has 0 amide bonds. The number of rotatable bonds is 3. The SMILES string of the molecule is O=c1nc2n(c3scc(-c4ccccc4)c13)CC(O)=C2c1nc(-c2ccc(F)cc2)cs1. The fraction of sp³-hybridized carbons (Fsp3) is 0.0417. The Morgan fingerprint density at radius 3 is 2.50 bits per heavy atom. The molecular weight excluding hydrogens is 445 g/mol. The Labute approximate surface area is 189 Å². The van der Waals surface area contributed by atoms with E-state index in [2.05, 4.69) is 9.97 Å². The molecule has 156 valence electrons. The molecule has 0 unspecified atom stereocenters. The smallest absolute Gasteiger partial charge is 0.282 e. The molecule has 2 aromatic carbocycles. The number of hydrogen-bond donors (Lipinski definition) is 1. The van der Waals surface area contributed by atoms with Gasteiger partial charge in [-0.05, 0) is 29.8 Å². The summed E-state index contributed by atoms with van der Waals surface area (Å²) < 4.78 is 15.1. The van der Waals surface area contributed by atoms with Crippen molar-refractivity contribution in [1.29, 1.82) is 0 Å². The fourth-order valence-electron chi connectivity index (χ4n) is 3.95. The van der Waals surface area contributed by atoms with E-state index in [1.54, 1.807) is 12.1 Å². The van der Waals surface area contributed by atoms with Crippen molar-refractivity contribution in [2.45, 2.75) is 6.54 Å². The topological polar surface area (TPSA) is 68.0 Å². The third kappa shape index (κ3) is 2.91. The molecule has 5 nitrogen and oxygen atoms in total. The summed E-state index contributed by atoms with van der Waals surface area (Å²) in [6.07, 6.45) is 0. The Morgan fingerprint density at radius 2 is 1.72 bits per heavy atom. The largest absolute Gasteiger partial charge is 0.510 e. The van der Waals surface area contributed by atoms with Gasteiger partial charge in [0, 0.05) is 21.9 Å². The molecule has 0 saturated carbocycles. The lowest BCUT2D eigenvalue weighted by molar-refractivity contribution is 0.389. The molecule has 0 saturated heterocycles. The number of aromatic nitrogens is 3. The van der Waals surface area contributed by atoms with Gasteiger partial charge in [-0.1, -0.05) is 30.3 Å². The number of allylic oxidation sites excluding steroid dienone is 1.